The highest BCUT2D eigenvalue weighted by atomic mass is 35.5. The van der Waals surface area contributed by atoms with Gasteiger partial charge in [-0.25, -0.2) is 0 Å². The van der Waals surface area contributed by atoms with Crippen LogP contribution in [-0.2, 0) is 5.41 Å². The molecule has 0 bridgehead atoms. The van der Waals surface area contributed by atoms with Crippen LogP contribution in [0.15, 0.2) is 41.2 Å². The Kier molecular flexibility index (Phi) is 6.81. The van der Waals surface area contributed by atoms with Crippen molar-refractivity contribution in [2.45, 2.75) is 94.4 Å². The number of aliphatic hydroxyl groups is 1. The molecule has 3 aromatic rings. The topological polar surface area (TPSA) is 58.4 Å². The van der Waals surface area contributed by atoms with E-state index in [-0.39, 0.29) is 11.0 Å². The molecular weight excluding hydrogens is 506 g/mol. The van der Waals surface area contributed by atoms with Crippen molar-refractivity contribution in [3.05, 3.63) is 68.7 Å². The summed E-state index contributed by atoms with van der Waals surface area (Å²) in [6, 6.07) is 13.7. The number of halogens is 1. The smallest absolute Gasteiger partial charge is 0.282 e. The predicted octanol–water partition coefficient (Wildman–Crippen LogP) is 6.72. The molecule has 2 saturated carbocycles. The van der Waals surface area contributed by atoms with Gasteiger partial charge in [0.25, 0.3) is 5.56 Å². The first kappa shape index (κ1) is 25.7. The molecule has 7 rings (SSSR count). The average molecular weight is 546 g/mol. The quantitative estimate of drug-likeness (QED) is 0.395. The van der Waals surface area contributed by atoms with Crippen LogP contribution in [0.3, 0.4) is 0 Å². The van der Waals surface area contributed by atoms with E-state index in [0.717, 1.165) is 42.6 Å². The van der Waals surface area contributed by atoms with Gasteiger partial charge in [-0.1, -0.05) is 49.1 Å². The van der Waals surface area contributed by atoms with Gasteiger partial charge in [-0.3, -0.25) is 9.36 Å². The molecule has 2 aliphatic heterocycles. The zero-order valence-corrected chi connectivity index (χ0v) is 23.6. The first-order valence-corrected chi connectivity index (χ1v) is 15.7. The maximum Gasteiger partial charge on any atom is 0.282 e. The minimum atomic E-state index is -0.197. The first-order valence-electron chi connectivity index (χ1n) is 15.3. The van der Waals surface area contributed by atoms with Crippen LogP contribution >= 0.6 is 11.6 Å². The Bertz CT molecular complexity index is 1430. The van der Waals surface area contributed by atoms with E-state index in [9.17, 15) is 9.90 Å². The van der Waals surface area contributed by atoms with E-state index in [1.807, 2.05) is 12.1 Å². The van der Waals surface area contributed by atoms with E-state index < -0.39 is 0 Å². The highest BCUT2D eigenvalue weighted by Gasteiger charge is 2.46. The molecule has 0 atom stereocenters. The highest BCUT2D eigenvalue weighted by molar-refractivity contribution is 6.35. The number of aliphatic hydroxyl groups excluding tert-OH is 1. The number of benzene rings is 2. The normalized spacial score (nSPS) is 25.2. The summed E-state index contributed by atoms with van der Waals surface area (Å²) >= 11 is 6.55. The summed E-state index contributed by atoms with van der Waals surface area (Å²) < 4.78 is 2.28. The molecule has 2 aliphatic carbocycles. The molecule has 0 unspecified atom stereocenters. The maximum absolute atomic E-state index is 13.2. The standard InChI is InChI=1S/C33H40ClN3O2/c34-27-5-4-6-28-30(27)31(39)35-32-33(16-2-1-3-17-33)26-12-9-24(21-29(26)37(28)32)23-13-18-36(19-14-23)25-10-7-22(8-11-25)15-20-38/h4-6,9,12,21-23,25,38H,1-3,7-8,10-11,13-20H2. The number of likely N-dealkylation sites (tertiary alicyclic amines) is 1. The predicted molar refractivity (Wildman–Crippen MR) is 157 cm³/mol. The third kappa shape index (κ3) is 4.27. The lowest BCUT2D eigenvalue weighted by molar-refractivity contribution is 0.101. The second-order valence-corrected chi connectivity index (χ2v) is 13.0. The lowest BCUT2D eigenvalue weighted by atomic mass is 9.69. The van der Waals surface area contributed by atoms with Gasteiger partial charge in [-0.15, -0.1) is 0 Å². The zero-order valence-electron chi connectivity index (χ0n) is 22.9. The average Bonchev–Trinajstić information content (AvgIpc) is 3.22. The molecule has 3 heterocycles. The van der Waals surface area contributed by atoms with Gasteiger partial charge in [0.1, 0.15) is 5.82 Å². The summed E-state index contributed by atoms with van der Waals surface area (Å²) in [7, 11) is 0. The first-order chi connectivity index (χ1) is 19.1. The van der Waals surface area contributed by atoms with E-state index in [1.54, 1.807) is 6.07 Å². The van der Waals surface area contributed by atoms with Crippen LogP contribution in [0.1, 0.15) is 99.9 Å². The highest BCUT2D eigenvalue weighted by Crippen LogP contribution is 2.52. The summed E-state index contributed by atoms with van der Waals surface area (Å²) in [6.07, 6.45) is 14.2. The Morgan fingerprint density at radius 1 is 0.974 bits per heavy atom. The van der Waals surface area contributed by atoms with E-state index in [2.05, 4.69) is 27.7 Å². The van der Waals surface area contributed by atoms with Gasteiger partial charge in [0.05, 0.1) is 27.0 Å². The lowest BCUT2D eigenvalue weighted by Crippen LogP contribution is -2.42. The van der Waals surface area contributed by atoms with Crippen molar-refractivity contribution < 1.29 is 5.11 Å². The third-order valence-corrected chi connectivity index (χ3v) is 11.0. The zero-order chi connectivity index (χ0) is 26.6. The number of hydrogen-bond donors (Lipinski definition) is 1. The number of rotatable bonds is 4. The van der Waals surface area contributed by atoms with E-state index >= 15 is 0 Å². The fraction of sp³-hybridized carbons (Fsp3) is 0.576. The summed E-state index contributed by atoms with van der Waals surface area (Å²) in [4.78, 5) is 20.7. The van der Waals surface area contributed by atoms with Crippen molar-refractivity contribution in [1.82, 2.24) is 14.5 Å². The monoisotopic (exact) mass is 545 g/mol. The molecule has 3 fully saturated rings. The fourth-order valence-electron chi connectivity index (χ4n) is 8.53. The van der Waals surface area contributed by atoms with E-state index in [4.69, 9.17) is 16.6 Å². The number of aromatic nitrogens is 2. The fourth-order valence-corrected chi connectivity index (χ4v) is 8.78. The van der Waals surface area contributed by atoms with Gasteiger partial charge in [0.15, 0.2) is 0 Å². The SMILES string of the molecule is O=c1nc2n(c3cccc(Cl)c13)-c1cc(C3CCN(C4CCC(CCO)CC4)CC3)ccc1C21CCCCC1. The van der Waals surface area contributed by atoms with E-state index in [0.29, 0.717) is 22.9 Å². The summed E-state index contributed by atoms with van der Waals surface area (Å²) in [5.74, 6) is 2.22. The molecule has 1 N–H and O–H groups in total. The maximum atomic E-state index is 13.2. The van der Waals surface area contributed by atoms with Crippen LogP contribution < -0.4 is 5.56 Å². The Balaban J connectivity index is 1.20. The summed E-state index contributed by atoms with van der Waals surface area (Å²) in [6.45, 7) is 2.68. The van der Waals surface area contributed by atoms with Gasteiger partial charge in [0, 0.05) is 12.6 Å². The van der Waals surface area contributed by atoms with Crippen LogP contribution in [0.5, 0.6) is 0 Å². The summed E-state index contributed by atoms with van der Waals surface area (Å²) in [5.41, 5.74) is 4.52. The second kappa shape index (κ2) is 10.3. The van der Waals surface area contributed by atoms with Crippen LogP contribution in [0.25, 0.3) is 16.6 Å². The van der Waals surface area contributed by atoms with Gasteiger partial charge < -0.3 is 10.0 Å². The molecule has 0 amide bonds. The molecule has 39 heavy (non-hydrogen) atoms. The summed E-state index contributed by atoms with van der Waals surface area (Å²) in [5, 5.41) is 10.3. The van der Waals surface area contributed by atoms with Crippen molar-refractivity contribution in [3.63, 3.8) is 0 Å². The largest absolute Gasteiger partial charge is 0.396 e. The number of nitrogens with zero attached hydrogens (tertiary/aromatic N) is 3. The molecule has 4 aliphatic rings. The molecule has 206 valence electrons. The van der Waals surface area contributed by atoms with Gasteiger partial charge in [0.2, 0.25) is 0 Å². The van der Waals surface area contributed by atoms with Crippen molar-refractivity contribution in [3.8, 4) is 5.69 Å². The Morgan fingerprint density at radius 3 is 2.49 bits per heavy atom. The minimum absolute atomic E-state index is 0.167. The molecule has 2 aromatic carbocycles. The van der Waals surface area contributed by atoms with Crippen molar-refractivity contribution in [2.75, 3.05) is 19.7 Å². The number of hydrogen-bond acceptors (Lipinski definition) is 4. The van der Waals surface area contributed by atoms with Crippen molar-refractivity contribution in [1.29, 1.82) is 0 Å². The van der Waals surface area contributed by atoms with Gasteiger partial charge in [-0.05, 0) is 112 Å². The molecule has 0 radical (unpaired) electrons. The molecule has 5 nitrogen and oxygen atoms in total. The Labute approximate surface area is 236 Å². The van der Waals surface area contributed by atoms with Gasteiger partial charge >= 0.3 is 0 Å². The molecule has 6 heteroatoms. The number of fused-ring (bicyclic) bond motifs is 7. The molecule has 1 saturated heterocycles. The molecular formula is C33H40ClN3O2. The number of piperidine rings is 1. The van der Waals surface area contributed by atoms with Crippen LogP contribution in [0.4, 0.5) is 0 Å². The third-order valence-electron chi connectivity index (χ3n) is 10.7. The molecule has 1 spiro atoms. The van der Waals surface area contributed by atoms with Crippen LogP contribution in [0.2, 0.25) is 5.02 Å². The van der Waals surface area contributed by atoms with Crippen molar-refractivity contribution in [2.24, 2.45) is 5.92 Å². The Hall–Kier alpha value is -2.21. The van der Waals surface area contributed by atoms with Crippen LogP contribution in [-0.4, -0.2) is 45.3 Å². The van der Waals surface area contributed by atoms with Gasteiger partial charge in [-0.2, -0.15) is 4.98 Å². The lowest BCUT2D eigenvalue weighted by Gasteiger charge is -2.41. The van der Waals surface area contributed by atoms with E-state index in [1.165, 1.54) is 87.7 Å². The van der Waals surface area contributed by atoms with Crippen LogP contribution in [0, 0.1) is 5.92 Å². The minimum Gasteiger partial charge on any atom is -0.396 e. The Morgan fingerprint density at radius 2 is 1.74 bits per heavy atom. The van der Waals surface area contributed by atoms with Crippen molar-refractivity contribution >= 4 is 22.5 Å². The molecule has 1 aromatic heterocycles. The second-order valence-electron chi connectivity index (χ2n) is 12.6.